The molecule has 0 bridgehead atoms. The largest absolute Gasteiger partial charge is 0.337 e. The summed E-state index contributed by atoms with van der Waals surface area (Å²) in [5.74, 6) is 0.703. The smallest absolute Gasteiger partial charge is 0.261 e. The average molecular weight is 496 g/mol. The number of aromatic nitrogens is 4. The molecule has 0 saturated heterocycles. The van der Waals surface area contributed by atoms with E-state index < -0.39 is 0 Å². The van der Waals surface area contributed by atoms with Gasteiger partial charge in [-0.05, 0) is 48.2 Å². The van der Waals surface area contributed by atoms with Gasteiger partial charge in [-0.15, -0.1) is 0 Å². The van der Waals surface area contributed by atoms with Crippen LogP contribution in [0.3, 0.4) is 0 Å². The monoisotopic (exact) mass is 495 g/mol. The van der Waals surface area contributed by atoms with Crippen molar-refractivity contribution in [3.8, 4) is 0 Å². The lowest BCUT2D eigenvalue weighted by Gasteiger charge is -2.10. The molecule has 0 spiro atoms. The topological polar surface area (TPSA) is 103 Å². The number of carbonyl (C=O) groups excluding carboxylic acids is 1. The van der Waals surface area contributed by atoms with E-state index in [9.17, 15) is 9.59 Å². The number of amides is 1. The van der Waals surface area contributed by atoms with Crippen molar-refractivity contribution in [2.75, 3.05) is 5.32 Å². The Morgan fingerprint density at radius 1 is 1.22 bits per heavy atom. The molecule has 4 aromatic rings. The molecular weight excluding hydrogens is 474 g/mol. The third-order valence-electron chi connectivity index (χ3n) is 5.30. The van der Waals surface area contributed by atoms with Crippen molar-refractivity contribution in [1.29, 1.82) is 0 Å². The first kappa shape index (κ1) is 21.9. The summed E-state index contributed by atoms with van der Waals surface area (Å²) in [4.78, 5) is 33.6. The quantitative estimate of drug-likeness (QED) is 0.410. The third-order valence-corrected chi connectivity index (χ3v) is 5.79. The van der Waals surface area contributed by atoms with Gasteiger partial charge < -0.3 is 9.84 Å². The van der Waals surface area contributed by atoms with Gasteiger partial charge in [-0.2, -0.15) is 4.98 Å². The van der Waals surface area contributed by atoms with Gasteiger partial charge >= 0.3 is 0 Å². The van der Waals surface area contributed by atoms with E-state index in [4.69, 9.17) is 4.52 Å². The molecule has 0 radical (unpaired) electrons. The lowest BCUT2D eigenvalue weighted by atomic mass is 9.99. The molecule has 1 unspecified atom stereocenters. The first-order valence-electron chi connectivity index (χ1n) is 10.3. The van der Waals surface area contributed by atoms with E-state index in [-0.39, 0.29) is 36.1 Å². The molecule has 0 fully saturated rings. The lowest BCUT2D eigenvalue weighted by Crippen LogP contribution is -2.21. The van der Waals surface area contributed by atoms with Crippen molar-refractivity contribution in [1.82, 2.24) is 19.7 Å². The lowest BCUT2D eigenvalue weighted by molar-refractivity contribution is -0.115. The van der Waals surface area contributed by atoms with E-state index in [1.165, 1.54) is 16.5 Å². The summed E-state index contributed by atoms with van der Waals surface area (Å²) >= 11 is 3.37. The summed E-state index contributed by atoms with van der Waals surface area (Å²) in [5.41, 5.74) is 2.34. The summed E-state index contributed by atoms with van der Waals surface area (Å²) in [7, 11) is 0. The molecule has 2 aromatic carbocycles. The van der Waals surface area contributed by atoms with E-state index in [0.717, 1.165) is 10.9 Å². The Labute approximate surface area is 192 Å². The van der Waals surface area contributed by atoms with Crippen LogP contribution in [0.5, 0.6) is 0 Å². The second-order valence-electron chi connectivity index (χ2n) is 7.60. The second-order valence-corrected chi connectivity index (χ2v) is 8.52. The first-order valence-corrected chi connectivity index (χ1v) is 11.1. The van der Waals surface area contributed by atoms with Crippen molar-refractivity contribution >= 4 is 38.4 Å². The Balaban J connectivity index is 1.41. The molecule has 164 valence electrons. The summed E-state index contributed by atoms with van der Waals surface area (Å²) in [6, 6.07) is 13.1. The Morgan fingerprint density at radius 2 is 2.00 bits per heavy atom. The van der Waals surface area contributed by atoms with Gasteiger partial charge in [0.2, 0.25) is 11.8 Å². The molecule has 2 aromatic heterocycles. The number of hydrogen-bond donors (Lipinski definition) is 1. The zero-order valence-electron chi connectivity index (χ0n) is 17.7. The summed E-state index contributed by atoms with van der Waals surface area (Å²) in [6.45, 7) is 4.38. The molecule has 32 heavy (non-hydrogen) atoms. The Morgan fingerprint density at radius 3 is 2.75 bits per heavy atom. The number of nitrogens with zero attached hydrogens (tertiary/aromatic N) is 4. The van der Waals surface area contributed by atoms with E-state index >= 15 is 0 Å². The number of fused-ring (bicyclic) bond motifs is 1. The number of carbonyl (C=O) groups is 1. The highest BCUT2D eigenvalue weighted by molar-refractivity contribution is 9.10. The van der Waals surface area contributed by atoms with Gasteiger partial charge in [-0.25, -0.2) is 4.98 Å². The molecule has 0 aliphatic carbocycles. The highest BCUT2D eigenvalue weighted by atomic mass is 79.9. The van der Waals surface area contributed by atoms with Crippen LogP contribution in [0.15, 0.2) is 62.6 Å². The molecule has 1 amide bonds. The minimum absolute atomic E-state index is 0.0333. The minimum Gasteiger partial charge on any atom is -0.337 e. The molecule has 0 saturated carbocycles. The summed E-state index contributed by atoms with van der Waals surface area (Å²) in [6.07, 6.45) is 2.47. The van der Waals surface area contributed by atoms with Gasteiger partial charge in [0.15, 0.2) is 5.82 Å². The van der Waals surface area contributed by atoms with Crippen LogP contribution in [-0.4, -0.2) is 25.6 Å². The second kappa shape index (κ2) is 9.44. The maximum absolute atomic E-state index is 12.7. The van der Waals surface area contributed by atoms with Crippen LogP contribution in [0.25, 0.3) is 10.9 Å². The third kappa shape index (κ3) is 4.94. The molecular formula is C23H22BrN5O3. The zero-order valence-corrected chi connectivity index (χ0v) is 19.3. The highest BCUT2D eigenvalue weighted by Gasteiger charge is 2.14. The predicted octanol–water partition coefficient (Wildman–Crippen LogP) is 4.29. The molecule has 9 heteroatoms. The van der Waals surface area contributed by atoms with Crippen LogP contribution < -0.4 is 10.9 Å². The van der Waals surface area contributed by atoms with E-state index in [0.29, 0.717) is 22.5 Å². The Kier molecular flexibility index (Phi) is 6.45. The van der Waals surface area contributed by atoms with Gasteiger partial charge in [0, 0.05) is 10.2 Å². The molecule has 1 N–H and O–H groups in total. The molecule has 1 atom stereocenters. The van der Waals surface area contributed by atoms with Crippen molar-refractivity contribution in [2.24, 2.45) is 0 Å². The number of anilines is 1. The number of rotatable bonds is 7. The van der Waals surface area contributed by atoms with Gasteiger partial charge in [0.1, 0.15) is 6.54 Å². The fourth-order valence-corrected chi connectivity index (χ4v) is 3.66. The SMILES string of the molecule is CCC(C)c1ccc(NC(=O)Cc2noc(Cn3cnc4ccc(Br)cc4c3=O)n2)cc1. The maximum Gasteiger partial charge on any atom is 0.261 e. The van der Waals surface area contributed by atoms with Crippen LogP contribution in [0.1, 0.15) is 43.5 Å². The highest BCUT2D eigenvalue weighted by Crippen LogP contribution is 2.20. The first-order chi connectivity index (χ1) is 15.4. The van der Waals surface area contributed by atoms with E-state index in [1.807, 2.05) is 30.3 Å². The number of hydrogen-bond acceptors (Lipinski definition) is 6. The molecule has 4 rings (SSSR count). The van der Waals surface area contributed by atoms with Crippen LogP contribution in [0.4, 0.5) is 5.69 Å². The van der Waals surface area contributed by atoms with Gasteiger partial charge in [0.05, 0.1) is 23.7 Å². The van der Waals surface area contributed by atoms with Crippen LogP contribution in [-0.2, 0) is 17.8 Å². The van der Waals surface area contributed by atoms with Crippen molar-refractivity contribution < 1.29 is 9.32 Å². The number of nitrogens with one attached hydrogen (secondary N) is 1. The summed E-state index contributed by atoms with van der Waals surface area (Å²) < 4.78 is 7.41. The fraction of sp³-hybridized carbons (Fsp3) is 0.261. The van der Waals surface area contributed by atoms with Crippen molar-refractivity contribution in [3.63, 3.8) is 0 Å². The molecule has 0 aliphatic rings. The summed E-state index contributed by atoms with van der Waals surface area (Å²) in [5, 5.41) is 7.18. The minimum atomic E-state index is -0.247. The molecule has 0 aliphatic heterocycles. The molecule has 2 heterocycles. The van der Waals surface area contributed by atoms with Gasteiger partial charge in [0.25, 0.3) is 5.56 Å². The normalized spacial score (nSPS) is 12.1. The van der Waals surface area contributed by atoms with Gasteiger partial charge in [-0.3, -0.25) is 14.2 Å². The van der Waals surface area contributed by atoms with Gasteiger partial charge in [-0.1, -0.05) is 47.1 Å². The number of halogens is 1. The average Bonchev–Trinajstić information content (AvgIpc) is 3.22. The van der Waals surface area contributed by atoms with Crippen molar-refractivity contribution in [2.45, 2.75) is 39.2 Å². The standard InChI is InChI=1S/C23H22BrN5O3/c1-3-14(2)15-4-7-17(8-5-15)26-21(30)11-20-27-22(32-28-20)12-29-13-25-19-9-6-16(24)10-18(19)23(29)31/h4-10,13-14H,3,11-12H2,1-2H3,(H,26,30). The van der Waals surface area contributed by atoms with Crippen LogP contribution >= 0.6 is 15.9 Å². The Hall–Kier alpha value is -3.33. The van der Waals surface area contributed by atoms with E-state index in [2.05, 4.69) is 50.2 Å². The number of benzene rings is 2. The molecule has 8 nitrogen and oxygen atoms in total. The van der Waals surface area contributed by atoms with Crippen LogP contribution in [0, 0.1) is 0 Å². The zero-order chi connectivity index (χ0) is 22.7. The predicted molar refractivity (Wildman–Crippen MR) is 125 cm³/mol. The van der Waals surface area contributed by atoms with Crippen LogP contribution in [0.2, 0.25) is 0 Å². The van der Waals surface area contributed by atoms with Crippen molar-refractivity contribution in [3.05, 3.63) is 80.9 Å². The fourth-order valence-electron chi connectivity index (χ4n) is 3.30. The van der Waals surface area contributed by atoms with E-state index in [1.54, 1.807) is 12.1 Å². The Bertz CT molecular complexity index is 1310. The maximum atomic E-state index is 12.7.